The fraction of sp³-hybridized carbons (Fsp3) is 0.500. The molecular formula is C16H22N4O4S. The van der Waals surface area contributed by atoms with Crippen LogP contribution in [0.4, 0.5) is 4.79 Å². The van der Waals surface area contributed by atoms with E-state index in [1.165, 1.54) is 22.8 Å². The highest BCUT2D eigenvalue weighted by atomic mass is 32.2. The number of carbonyl (C=O) groups is 1. The molecule has 0 bridgehead atoms. The molecule has 1 aliphatic rings. The molecule has 2 aromatic rings. The first-order valence-electron chi connectivity index (χ1n) is 8.27. The molecule has 0 spiro atoms. The summed E-state index contributed by atoms with van der Waals surface area (Å²) in [6.45, 7) is 5.33. The van der Waals surface area contributed by atoms with Gasteiger partial charge < -0.3 is 14.6 Å². The molecule has 1 aromatic carbocycles. The SMILES string of the molecule is CC(C)NC(=O)N1CCCN(S(=O)(=O)c2ccc3ncoc3c2)CC1. The predicted octanol–water partition coefficient (Wildman–Crippen LogP) is 1.64. The summed E-state index contributed by atoms with van der Waals surface area (Å²) in [6, 6.07) is 4.55. The monoisotopic (exact) mass is 366 g/mol. The maximum atomic E-state index is 12.9. The Labute approximate surface area is 146 Å². The average molecular weight is 366 g/mol. The van der Waals surface area contributed by atoms with Crippen LogP contribution >= 0.6 is 0 Å². The van der Waals surface area contributed by atoms with Gasteiger partial charge in [-0.15, -0.1) is 0 Å². The Morgan fingerprint density at radius 2 is 2.04 bits per heavy atom. The maximum Gasteiger partial charge on any atom is 0.317 e. The van der Waals surface area contributed by atoms with Gasteiger partial charge in [-0.25, -0.2) is 18.2 Å². The molecule has 1 aliphatic heterocycles. The highest BCUT2D eigenvalue weighted by Crippen LogP contribution is 2.22. The third-order valence-corrected chi connectivity index (χ3v) is 5.99. The first kappa shape index (κ1) is 17.7. The fourth-order valence-corrected chi connectivity index (χ4v) is 4.31. The molecule has 3 rings (SSSR count). The number of hydrogen-bond donors (Lipinski definition) is 1. The van der Waals surface area contributed by atoms with E-state index < -0.39 is 10.0 Å². The summed E-state index contributed by atoms with van der Waals surface area (Å²) >= 11 is 0. The summed E-state index contributed by atoms with van der Waals surface area (Å²) < 4.78 is 32.4. The Bertz CT molecular complexity index is 862. The van der Waals surface area contributed by atoms with Gasteiger partial charge in [-0.2, -0.15) is 4.31 Å². The van der Waals surface area contributed by atoms with Crippen LogP contribution in [0.1, 0.15) is 20.3 Å². The van der Waals surface area contributed by atoms with Crippen molar-refractivity contribution in [2.75, 3.05) is 26.2 Å². The van der Waals surface area contributed by atoms with Crippen LogP contribution in [0.25, 0.3) is 11.1 Å². The normalized spacial score (nSPS) is 17.0. The Morgan fingerprint density at radius 1 is 1.24 bits per heavy atom. The number of amides is 2. The minimum Gasteiger partial charge on any atom is -0.443 e. The van der Waals surface area contributed by atoms with Crippen LogP contribution in [-0.2, 0) is 10.0 Å². The number of fused-ring (bicyclic) bond motifs is 1. The van der Waals surface area contributed by atoms with Gasteiger partial charge >= 0.3 is 6.03 Å². The number of carbonyl (C=O) groups excluding carboxylic acids is 1. The van der Waals surface area contributed by atoms with E-state index in [0.29, 0.717) is 37.2 Å². The quantitative estimate of drug-likeness (QED) is 0.891. The Balaban J connectivity index is 1.75. The van der Waals surface area contributed by atoms with Gasteiger partial charge in [-0.1, -0.05) is 0 Å². The summed E-state index contributed by atoms with van der Waals surface area (Å²) in [4.78, 5) is 18.0. The second-order valence-electron chi connectivity index (χ2n) is 6.33. The number of urea groups is 1. The van der Waals surface area contributed by atoms with E-state index in [2.05, 4.69) is 10.3 Å². The van der Waals surface area contributed by atoms with E-state index >= 15 is 0 Å². The smallest absolute Gasteiger partial charge is 0.317 e. The molecule has 1 aromatic heterocycles. The summed E-state index contributed by atoms with van der Waals surface area (Å²) in [5.41, 5.74) is 1.06. The number of nitrogens with zero attached hydrogens (tertiary/aromatic N) is 3. The number of rotatable bonds is 3. The Kier molecular flexibility index (Phi) is 4.96. The number of nitrogens with one attached hydrogen (secondary N) is 1. The lowest BCUT2D eigenvalue weighted by atomic mass is 10.3. The Hall–Kier alpha value is -2.13. The van der Waals surface area contributed by atoms with Crippen molar-refractivity contribution >= 4 is 27.2 Å². The molecule has 0 atom stereocenters. The summed E-state index contributed by atoms with van der Waals surface area (Å²) in [6.07, 6.45) is 1.88. The molecule has 2 amide bonds. The molecule has 1 N–H and O–H groups in total. The summed E-state index contributed by atoms with van der Waals surface area (Å²) in [7, 11) is -3.64. The molecule has 136 valence electrons. The second-order valence-corrected chi connectivity index (χ2v) is 8.27. The molecular weight excluding hydrogens is 344 g/mol. The van der Waals surface area contributed by atoms with E-state index in [0.717, 1.165) is 0 Å². The molecule has 8 nitrogen and oxygen atoms in total. The molecule has 1 saturated heterocycles. The lowest BCUT2D eigenvalue weighted by Crippen LogP contribution is -2.44. The zero-order chi connectivity index (χ0) is 18.0. The molecule has 2 heterocycles. The molecule has 0 aliphatic carbocycles. The minimum absolute atomic E-state index is 0.0456. The van der Waals surface area contributed by atoms with Crippen molar-refractivity contribution in [2.24, 2.45) is 0 Å². The van der Waals surface area contributed by atoms with Gasteiger partial charge in [0, 0.05) is 38.3 Å². The van der Waals surface area contributed by atoms with E-state index in [4.69, 9.17) is 4.42 Å². The highest BCUT2D eigenvalue weighted by molar-refractivity contribution is 7.89. The van der Waals surface area contributed by atoms with Crippen molar-refractivity contribution in [3.05, 3.63) is 24.6 Å². The first-order chi connectivity index (χ1) is 11.9. The predicted molar refractivity (Wildman–Crippen MR) is 92.6 cm³/mol. The molecule has 1 fully saturated rings. The number of oxazole rings is 1. The third kappa shape index (κ3) is 3.77. The van der Waals surface area contributed by atoms with E-state index in [9.17, 15) is 13.2 Å². The lowest BCUT2D eigenvalue weighted by molar-refractivity contribution is 0.198. The van der Waals surface area contributed by atoms with Crippen LogP contribution < -0.4 is 5.32 Å². The molecule has 0 saturated carbocycles. The van der Waals surface area contributed by atoms with Crippen molar-refractivity contribution in [2.45, 2.75) is 31.2 Å². The van der Waals surface area contributed by atoms with Crippen LogP contribution in [0.5, 0.6) is 0 Å². The molecule has 25 heavy (non-hydrogen) atoms. The van der Waals surface area contributed by atoms with Gasteiger partial charge in [0.1, 0.15) is 5.52 Å². The van der Waals surface area contributed by atoms with E-state index in [1.807, 2.05) is 13.8 Å². The average Bonchev–Trinajstić information content (AvgIpc) is 2.87. The van der Waals surface area contributed by atoms with Gasteiger partial charge in [0.25, 0.3) is 0 Å². The molecule has 9 heteroatoms. The number of hydrogen-bond acceptors (Lipinski definition) is 5. The summed E-state index contributed by atoms with van der Waals surface area (Å²) in [5, 5.41) is 2.84. The van der Waals surface area contributed by atoms with E-state index in [1.54, 1.807) is 11.0 Å². The van der Waals surface area contributed by atoms with Crippen molar-refractivity contribution < 1.29 is 17.6 Å². The maximum absolute atomic E-state index is 12.9. The van der Waals surface area contributed by atoms with Crippen molar-refractivity contribution in [3.63, 3.8) is 0 Å². The van der Waals surface area contributed by atoms with Crippen LogP contribution in [0.2, 0.25) is 0 Å². The minimum atomic E-state index is -3.64. The fourth-order valence-electron chi connectivity index (χ4n) is 2.82. The van der Waals surface area contributed by atoms with Crippen molar-refractivity contribution in [1.82, 2.24) is 19.5 Å². The van der Waals surface area contributed by atoms with Crippen molar-refractivity contribution in [1.29, 1.82) is 0 Å². The standard InChI is InChI=1S/C16H22N4O4S/c1-12(2)18-16(21)19-6-3-7-20(9-8-19)25(22,23)13-4-5-14-15(10-13)24-11-17-14/h4-5,10-12H,3,6-9H2,1-2H3,(H,18,21). The van der Waals surface area contributed by atoms with Crippen LogP contribution in [0, 0.1) is 0 Å². The zero-order valence-corrected chi connectivity index (χ0v) is 15.1. The topological polar surface area (TPSA) is 95.8 Å². The van der Waals surface area contributed by atoms with Crippen molar-refractivity contribution in [3.8, 4) is 0 Å². The van der Waals surface area contributed by atoms with Crippen LogP contribution in [0.3, 0.4) is 0 Å². The second kappa shape index (κ2) is 7.01. The van der Waals surface area contributed by atoms with Gasteiger partial charge in [-0.05, 0) is 32.4 Å². The number of benzene rings is 1. The molecule has 0 unspecified atom stereocenters. The van der Waals surface area contributed by atoms with E-state index in [-0.39, 0.29) is 23.5 Å². The lowest BCUT2D eigenvalue weighted by Gasteiger charge is -2.23. The summed E-state index contributed by atoms with van der Waals surface area (Å²) in [5.74, 6) is 0. The number of aromatic nitrogens is 1. The van der Waals surface area contributed by atoms with Crippen LogP contribution in [0.15, 0.2) is 33.9 Å². The van der Waals surface area contributed by atoms with Crippen LogP contribution in [-0.4, -0.2) is 60.9 Å². The van der Waals surface area contributed by atoms with Gasteiger partial charge in [0.15, 0.2) is 12.0 Å². The Morgan fingerprint density at radius 3 is 2.80 bits per heavy atom. The number of sulfonamides is 1. The zero-order valence-electron chi connectivity index (χ0n) is 14.3. The highest BCUT2D eigenvalue weighted by Gasteiger charge is 2.28. The first-order valence-corrected chi connectivity index (χ1v) is 9.71. The van der Waals surface area contributed by atoms with Gasteiger partial charge in [0.05, 0.1) is 4.90 Å². The van der Waals surface area contributed by atoms with Gasteiger partial charge in [0.2, 0.25) is 10.0 Å². The molecule has 0 radical (unpaired) electrons. The third-order valence-electron chi connectivity index (χ3n) is 4.09. The van der Waals surface area contributed by atoms with Gasteiger partial charge in [-0.3, -0.25) is 0 Å². The largest absolute Gasteiger partial charge is 0.443 e.